The predicted octanol–water partition coefficient (Wildman–Crippen LogP) is 3.94. The van der Waals surface area contributed by atoms with Crippen LogP contribution in [0.3, 0.4) is 0 Å². The van der Waals surface area contributed by atoms with E-state index in [9.17, 15) is 14.7 Å². The zero-order chi connectivity index (χ0) is 30.7. The molecule has 0 unspecified atom stereocenters. The van der Waals surface area contributed by atoms with Crippen LogP contribution in [0.4, 0.5) is 5.69 Å². The number of amides is 2. The molecule has 11 nitrogen and oxygen atoms in total. The number of fused-ring (bicyclic) bond motifs is 1. The number of carbonyl (C=O) groups is 2. The summed E-state index contributed by atoms with van der Waals surface area (Å²) in [6, 6.07) is 12.0. The van der Waals surface area contributed by atoms with Gasteiger partial charge in [-0.1, -0.05) is 48.7 Å². The van der Waals surface area contributed by atoms with Gasteiger partial charge in [0.25, 0.3) is 5.91 Å². The summed E-state index contributed by atoms with van der Waals surface area (Å²) in [5.41, 5.74) is 4.32. The van der Waals surface area contributed by atoms with Gasteiger partial charge in [-0.3, -0.25) is 14.3 Å². The van der Waals surface area contributed by atoms with Gasteiger partial charge in [-0.25, -0.2) is 0 Å². The van der Waals surface area contributed by atoms with Crippen molar-refractivity contribution in [1.82, 2.24) is 25.2 Å². The van der Waals surface area contributed by atoms with Gasteiger partial charge in [-0.05, 0) is 62.4 Å². The molecule has 0 spiro atoms. The average molecular weight is 605 g/mol. The zero-order valence-electron chi connectivity index (χ0n) is 25.6. The topological polar surface area (TPSA) is 131 Å². The van der Waals surface area contributed by atoms with Crippen molar-refractivity contribution < 1.29 is 24.2 Å². The normalized spacial score (nSPS) is 15.0. The van der Waals surface area contributed by atoms with Crippen molar-refractivity contribution >= 4 is 17.5 Å². The Morgan fingerprint density at radius 1 is 1.16 bits per heavy atom. The Labute approximate surface area is 258 Å². The highest BCUT2D eigenvalue weighted by Gasteiger charge is 2.25. The molecule has 44 heavy (non-hydrogen) atoms. The molecule has 236 valence electrons. The molecule has 11 heteroatoms. The minimum absolute atomic E-state index is 0.00153. The summed E-state index contributed by atoms with van der Waals surface area (Å²) in [6.07, 6.45) is 9.43. The summed E-state index contributed by atoms with van der Waals surface area (Å²) in [5, 5.41) is 24.6. The van der Waals surface area contributed by atoms with Gasteiger partial charge < -0.3 is 30.1 Å². The lowest BCUT2D eigenvalue weighted by atomic mass is 9.94. The molecule has 1 aromatic heterocycles. The van der Waals surface area contributed by atoms with Crippen molar-refractivity contribution in [3.63, 3.8) is 0 Å². The minimum Gasteiger partial charge on any atom is -0.506 e. The van der Waals surface area contributed by atoms with Crippen molar-refractivity contribution in [2.45, 2.75) is 70.9 Å². The van der Waals surface area contributed by atoms with Gasteiger partial charge in [0.1, 0.15) is 17.1 Å². The first-order valence-electron chi connectivity index (χ1n) is 15.9. The van der Waals surface area contributed by atoms with Gasteiger partial charge >= 0.3 is 0 Å². The summed E-state index contributed by atoms with van der Waals surface area (Å²) in [4.78, 5) is 27.1. The molecule has 1 aliphatic carbocycles. The Balaban J connectivity index is 1.05. The van der Waals surface area contributed by atoms with E-state index in [1.165, 1.54) is 12.0 Å². The van der Waals surface area contributed by atoms with Crippen LogP contribution in [-0.2, 0) is 33.7 Å². The summed E-state index contributed by atoms with van der Waals surface area (Å²) < 4.78 is 13.3. The van der Waals surface area contributed by atoms with Crippen LogP contribution >= 0.6 is 0 Å². The number of carbonyl (C=O) groups excluding carboxylic acids is 2. The van der Waals surface area contributed by atoms with E-state index in [1.54, 1.807) is 6.07 Å². The van der Waals surface area contributed by atoms with Gasteiger partial charge in [0.2, 0.25) is 5.91 Å². The van der Waals surface area contributed by atoms with Crippen LogP contribution in [0, 0.1) is 0 Å². The van der Waals surface area contributed by atoms with E-state index in [2.05, 4.69) is 38.0 Å². The molecule has 2 heterocycles. The molecule has 0 saturated heterocycles. The standard InChI is InChI=1S/C33H44N6O5/c1-2-38-22-28(36-37-38)26-8-6-7-24(21-26)14-19-43-20-15-31(42)39(27-9-4-3-5-10-27)18-17-34-16-13-25-11-12-29(40)32-33(25)44-23-30(41)35-32/h6-8,11-12,21-22,27,34,40H,2-5,9-10,13-20,23H2,1H3,(H,35,41). The Bertz CT molecular complexity index is 1400. The number of phenols is 1. The van der Waals surface area contributed by atoms with Crippen LogP contribution in [0.25, 0.3) is 11.3 Å². The highest BCUT2D eigenvalue weighted by atomic mass is 16.5. The first-order valence-corrected chi connectivity index (χ1v) is 15.9. The maximum atomic E-state index is 13.3. The Kier molecular flexibility index (Phi) is 11.2. The smallest absolute Gasteiger partial charge is 0.262 e. The van der Waals surface area contributed by atoms with Crippen molar-refractivity contribution in [3.05, 3.63) is 53.7 Å². The van der Waals surface area contributed by atoms with Crippen LogP contribution < -0.4 is 15.4 Å². The Hall–Kier alpha value is -3.96. The summed E-state index contributed by atoms with van der Waals surface area (Å²) >= 11 is 0. The molecule has 2 aliphatic rings. The number of aryl methyl sites for hydroxylation is 1. The van der Waals surface area contributed by atoms with E-state index in [4.69, 9.17) is 9.47 Å². The number of aromatic hydroxyl groups is 1. The van der Waals surface area contributed by atoms with E-state index >= 15 is 0 Å². The highest BCUT2D eigenvalue weighted by molar-refractivity contribution is 5.97. The average Bonchev–Trinajstić information content (AvgIpc) is 3.54. The Morgan fingerprint density at radius 3 is 2.84 bits per heavy atom. The molecule has 1 aliphatic heterocycles. The molecular formula is C33H44N6O5. The largest absolute Gasteiger partial charge is 0.506 e. The molecule has 3 N–H and O–H groups in total. The van der Waals surface area contributed by atoms with Gasteiger partial charge in [-0.2, -0.15) is 0 Å². The van der Waals surface area contributed by atoms with Crippen molar-refractivity contribution in [2.24, 2.45) is 0 Å². The lowest BCUT2D eigenvalue weighted by Crippen LogP contribution is -2.45. The molecule has 2 aromatic carbocycles. The Morgan fingerprint density at radius 2 is 2.02 bits per heavy atom. The number of benzene rings is 2. The van der Waals surface area contributed by atoms with E-state index in [0.29, 0.717) is 57.1 Å². The number of phenolic OH excluding ortho intramolecular Hbond substituents is 1. The fraction of sp³-hybridized carbons (Fsp3) is 0.515. The van der Waals surface area contributed by atoms with Crippen LogP contribution in [0.1, 0.15) is 56.6 Å². The fourth-order valence-corrected chi connectivity index (χ4v) is 5.93. The van der Waals surface area contributed by atoms with E-state index < -0.39 is 0 Å². The number of hydrogen-bond acceptors (Lipinski definition) is 8. The number of nitrogens with one attached hydrogen (secondary N) is 2. The molecule has 0 radical (unpaired) electrons. The zero-order valence-corrected chi connectivity index (χ0v) is 25.6. The fourth-order valence-electron chi connectivity index (χ4n) is 5.93. The van der Waals surface area contributed by atoms with Gasteiger partial charge in [0.05, 0.1) is 25.8 Å². The lowest BCUT2D eigenvalue weighted by Gasteiger charge is -2.34. The number of anilines is 1. The SMILES string of the molecule is CCn1cc(-c2cccc(CCOCCC(=O)N(CCNCCc3ccc(O)c4c3OCC(=O)N4)C3CCCCC3)c2)nn1. The second-order valence-electron chi connectivity index (χ2n) is 11.4. The molecule has 0 atom stereocenters. The molecule has 3 aromatic rings. The van der Waals surface area contributed by atoms with Gasteiger partial charge in [0.15, 0.2) is 12.4 Å². The third-order valence-corrected chi connectivity index (χ3v) is 8.35. The number of aromatic nitrogens is 3. The van der Waals surface area contributed by atoms with Gasteiger partial charge in [0, 0.05) is 31.2 Å². The highest BCUT2D eigenvalue weighted by Crippen LogP contribution is 2.39. The molecule has 5 rings (SSSR count). The number of rotatable bonds is 15. The van der Waals surface area contributed by atoms with E-state index in [0.717, 1.165) is 55.5 Å². The molecule has 0 bridgehead atoms. The van der Waals surface area contributed by atoms with Crippen molar-refractivity contribution in [2.75, 3.05) is 44.8 Å². The maximum absolute atomic E-state index is 13.3. The van der Waals surface area contributed by atoms with E-state index in [1.807, 2.05) is 36.0 Å². The van der Waals surface area contributed by atoms with Crippen LogP contribution in [0.2, 0.25) is 0 Å². The third kappa shape index (κ3) is 8.35. The van der Waals surface area contributed by atoms with E-state index in [-0.39, 0.29) is 30.2 Å². The molecule has 2 amide bonds. The quantitative estimate of drug-likeness (QED) is 0.176. The van der Waals surface area contributed by atoms with Gasteiger partial charge in [-0.15, -0.1) is 5.10 Å². The first-order chi connectivity index (χ1) is 21.5. The molecule has 1 saturated carbocycles. The monoisotopic (exact) mass is 604 g/mol. The molecular weight excluding hydrogens is 560 g/mol. The van der Waals surface area contributed by atoms with Crippen LogP contribution in [0.5, 0.6) is 11.5 Å². The number of nitrogens with zero attached hydrogens (tertiary/aromatic N) is 4. The lowest BCUT2D eigenvalue weighted by molar-refractivity contribution is -0.135. The third-order valence-electron chi connectivity index (χ3n) is 8.35. The van der Waals surface area contributed by atoms with Crippen molar-refractivity contribution in [1.29, 1.82) is 0 Å². The van der Waals surface area contributed by atoms with Crippen LogP contribution in [0.15, 0.2) is 42.6 Å². The number of hydrogen-bond donors (Lipinski definition) is 3. The number of ether oxygens (including phenoxy) is 2. The minimum atomic E-state index is -0.277. The van der Waals surface area contributed by atoms with Crippen LogP contribution in [-0.4, -0.2) is 82.3 Å². The first kappa shape index (κ1) is 31.5. The predicted molar refractivity (Wildman–Crippen MR) is 168 cm³/mol. The van der Waals surface area contributed by atoms with Crippen molar-refractivity contribution in [3.8, 4) is 22.8 Å². The second kappa shape index (κ2) is 15.7. The summed E-state index contributed by atoms with van der Waals surface area (Å²) in [6.45, 7) is 5.74. The summed E-state index contributed by atoms with van der Waals surface area (Å²) in [5.74, 6) is 0.398. The molecule has 1 fully saturated rings. The summed E-state index contributed by atoms with van der Waals surface area (Å²) in [7, 11) is 0. The maximum Gasteiger partial charge on any atom is 0.262 e. The second-order valence-corrected chi connectivity index (χ2v) is 11.4.